The molecular formula is C17H18N4OS. The summed E-state index contributed by atoms with van der Waals surface area (Å²) in [4.78, 5) is 6.67. The molecule has 23 heavy (non-hydrogen) atoms. The van der Waals surface area contributed by atoms with Gasteiger partial charge in [-0.1, -0.05) is 6.07 Å². The Balaban J connectivity index is 1.47. The first-order valence-corrected chi connectivity index (χ1v) is 8.62. The van der Waals surface area contributed by atoms with Gasteiger partial charge in [0.25, 0.3) is 0 Å². The average molecular weight is 326 g/mol. The number of ether oxygens (including phenoxy) is 1. The molecule has 0 aromatic carbocycles. The molecule has 0 aliphatic carbocycles. The van der Waals surface area contributed by atoms with Crippen LogP contribution < -0.4 is 4.74 Å². The molecular weight excluding hydrogens is 308 g/mol. The van der Waals surface area contributed by atoms with E-state index in [4.69, 9.17) is 4.74 Å². The van der Waals surface area contributed by atoms with Crippen LogP contribution in [0.1, 0.15) is 17.3 Å². The number of thiophene rings is 1. The molecule has 0 spiro atoms. The minimum absolute atomic E-state index is 0.203. The van der Waals surface area contributed by atoms with Crippen molar-refractivity contribution in [2.45, 2.75) is 19.1 Å². The van der Waals surface area contributed by atoms with E-state index < -0.39 is 0 Å². The summed E-state index contributed by atoms with van der Waals surface area (Å²) in [6.45, 7) is 3.40. The molecule has 0 N–H and O–H groups in total. The summed E-state index contributed by atoms with van der Waals surface area (Å²) in [6, 6.07) is 10.2. The van der Waals surface area contributed by atoms with Gasteiger partial charge in [-0.15, -0.1) is 0 Å². The van der Waals surface area contributed by atoms with Crippen LogP contribution in [0.2, 0.25) is 0 Å². The third-order valence-corrected chi connectivity index (χ3v) is 4.73. The minimum atomic E-state index is 0.203. The predicted molar refractivity (Wildman–Crippen MR) is 89.4 cm³/mol. The third-order valence-electron chi connectivity index (χ3n) is 4.00. The molecule has 1 aliphatic rings. The van der Waals surface area contributed by atoms with E-state index in [-0.39, 0.29) is 6.04 Å². The lowest BCUT2D eigenvalue weighted by atomic mass is 10.2. The molecule has 0 saturated heterocycles. The van der Waals surface area contributed by atoms with E-state index in [1.165, 1.54) is 11.3 Å². The molecule has 1 aliphatic heterocycles. The van der Waals surface area contributed by atoms with Gasteiger partial charge < -0.3 is 4.74 Å². The van der Waals surface area contributed by atoms with Crippen LogP contribution in [0.25, 0.3) is 0 Å². The Kier molecular flexibility index (Phi) is 4.08. The van der Waals surface area contributed by atoms with Gasteiger partial charge in [-0.3, -0.25) is 9.58 Å². The van der Waals surface area contributed by atoms with E-state index in [9.17, 15) is 0 Å². The molecule has 118 valence electrons. The SMILES string of the molecule is c1ccc(OCC2CN(Cc3ccsc3)Cc3ccnn32)nc1. The Morgan fingerprint density at radius 2 is 2.22 bits per heavy atom. The zero-order valence-electron chi connectivity index (χ0n) is 12.7. The number of pyridine rings is 1. The molecule has 6 heteroatoms. The van der Waals surface area contributed by atoms with Crippen LogP contribution in [-0.4, -0.2) is 32.8 Å². The van der Waals surface area contributed by atoms with Gasteiger partial charge in [0, 0.05) is 38.1 Å². The molecule has 0 saturated carbocycles. The number of nitrogens with zero attached hydrogens (tertiary/aromatic N) is 4. The molecule has 4 rings (SSSR count). The molecule has 3 aromatic rings. The van der Waals surface area contributed by atoms with Crippen molar-refractivity contribution in [2.24, 2.45) is 0 Å². The van der Waals surface area contributed by atoms with Crippen LogP contribution in [0, 0.1) is 0 Å². The maximum atomic E-state index is 5.86. The molecule has 5 nitrogen and oxygen atoms in total. The van der Waals surface area contributed by atoms with Crippen LogP contribution in [-0.2, 0) is 13.1 Å². The largest absolute Gasteiger partial charge is 0.475 e. The van der Waals surface area contributed by atoms with Crippen LogP contribution in [0.5, 0.6) is 5.88 Å². The van der Waals surface area contributed by atoms with E-state index in [1.807, 2.05) is 24.4 Å². The second-order valence-electron chi connectivity index (χ2n) is 5.70. The number of rotatable bonds is 5. The van der Waals surface area contributed by atoms with Gasteiger partial charge in [0.2, 0.25) is 5.88 Å². The molecule has 0 radical (unpaired) electrons. The maximum Gasteiger partial charge on any atom is 0.213 e. The summed E-state index contributed by atoms with van der Waals surface area (Å²) in [5.74, 6) is 0.663. The van der Waals surface area contributed by atoms with E-state index >= 15 is 0 Å². The first-order valence-electron chi connectivity index (χ1n) is 7.68. The number of fused-ring (bicyclic) bond motifs is 1. The summed E-state index contributed by atoms with van der Waals surface area (Å²) < 4.78 is 7.95. The minimum Gasteiger partial charge on any atom is -0.475 e. The lowest BCUT2D eigenvalue weighted by Gasteiger charge is -2.33. The highest BCUT2D eigenvalue weighted by molar-refractivity contribution is 7.07. The molecule has 1 unspecified atom stereocenters. The van der Waals surface area contributed by atoms with Crippen LogP contribution >= 0.6 is 11.3 Å². The number of aromatic nitrogens is 3. The molecule has 3 aromatic heterocycles. The average Bonchev–Trinajstić information content (AvgIpc) is 3.25. The third kappa shape index (κ3) is 3.28. The zero-order chi connectivity index (χ0) is 15.5. The van der Waals surface area contributed by atoms with Gasteiger partial charge in [-0.2, -0.15) is 16.4 Å². The number of hydrogen-bond acceptors (Lipinski definition) is 5. The Morgan fingerprint density at radius 3 is 3.04 bits per heavy atom. The van der Waals surface area contributed by atoms with Crippen molar-refractivity contribution in [3.8, 4) is 5.88 Å². The van der Waals surface area contributed by atoms with Gasteiger partial charge in [0.15, 0.2) is 0 Å². The van der Waals surface area contributed by atoms with Crippen molar-refractivity contribution in [2.75, 3.05) is 13.2 Å². The fourth-order valence-corrected chi connectivity index (χ4v) is 3.62. The molecule has 0 fully saturated rings. The van der Waals surface area contributed by atoms with Crippen molar-refractivity contribution in [3.05, 3.63) is 64.7 Å². The predicted octanol–water partition coefficient (Wildman–Crippen LogP) is 2.98. The highest BCUT2D eigenvalue weighted by Gasteiger charge is 2.26. The van der Waals surface area contributed by atoms with Crippen LogP contribution in [0.15, 0.2) is 53.5 Å². The maximum absolute atomic E-state index is 5.86. The number of hydrogen-bond donors (Lipinski definition) is 0. The normalized spacial score (nSPS) is 17.8. The highest BCUT2D eigenvalue weighted by Crippen LogP contribution is 2.23. The quantitative estimate of drug-likeness (QED) is 0.723. The molecule has 4 heterocycles. The summed E-state index contributed by atoms with van der Waals surface area (Å²) in [5, 5.41) is 8.82. The van der Waals surface area contributed by atoms with Crippen molar-refractivity contribution in [1.29, 1.82) is 0 Å². The van der Waals surface area contributed by atoms with Crippen molar-refractivity contribution in [3.63, 3.8) is 0 Å². The first kappa shape index (κ1) is 14.4. The van der Waals surface area contributed by atoms with E-state index in [1.54, 1.807) is 17.5 Å². The summed E-state index contributed by atoms with van der Waals surface area (Å²) in [6.07, 6.45) is 3.62. The Morgan fingerprint density at radius 1 is 1.22 bits per heavy atom. The Hall–Kier alpha value is -2.18. The van der Waals surface area contributed by atoms with E-state index in [0.717, 1.165) is 19.6 Å². The highest BCUT2D eigenvalue weighted by atomic mass is 32.1. The van der Waals surface area contributed by atoms with Gasteiger partial charge in [-0.25, -0.2) is 4.98 Å². The van der Waals surface area contributed by atoms with Gasteiger partial charge in [0.05, 0.1) is 11.7 Å². The molecule has 0 amide bonds. The topological polar surface area (TPSA) is 43.2 Å². The second-order valence-corrected chi connectivity index (χ2v) is 6.48. The molecule has 1 atom stereocenters. The van der Waals surface area contributed by atoms with Gasteiger partial charge in [-0.05, 0) is 34.5 Å². The van der Waals surface area contributed by atoms with Crippen molar-refractivity contribution < 1.29 is 4.74 Å². The lowest BCUT2D eigenvalue weighted by Crippen LogP contribution is -2.39. The zero-order valence-corrected chi connectivity index (χ0v) is 13.5. The Bertz CT molecular complexity index is 741. The monoisotopic (exact) mass is 326 g/mol. The van der Waals surface area contributed by atoms with E-state index in [0.29, 0.717) is 12.5 Å². The summed E-state index contributed by atoms with van der Waals surface area (Å²) in [5.41, 5.74) is 2.61. The first-order chi connectivity index (χ1) is 11.4. The van der Waals surface area contributed by atoms with Crippen molar-refractivity contribution >= 4 is 11.3 Å². The Labute approximate surface area is 139 Å². The molecule has 0 bridgehead atoms. The van der Waals surface area contributed by atoms with E-state index in [2.05, 4.69) is 42.6 Å². The smallest absolute Gasteiger partial charge is 0.213 e. The van der Waals surface area contributed by atoms with Crippen LogP contribution in [0.4, 0.5) is 0 Å². The van der Waals surface area contributed by atoms with Crippen LogP contribution in [0.3, 0.4) is 0 Å². The van der Waals surface area contributed by atoms with Crippen molar-refractivity contribution in [1.82, 2.24) is 19.7 Å². The second kappa shape index (κ2) is 6.52. The fraction of sp³-hybridized carbons (Fsp3) is 0.294. The lowest BCUT2D eigenvalue weighted by molar-refractivity contribution is 0.125. The van der Waals surface area contributed by atoms with Gasteiger partial charge >= 0.3 is 0 Å². The summed E-state index contributed by atoms with van der Waals surface area (Å²) in [7, 11) is 0. The van der Waals surface area contributed by atoms with Gasteiger partial charge in [0.1, 0.15) is 6.61 Å². The fourth-order valence-electron chi connectivity index (χ4n) is 2.96. The summed E-state index contributed by atoms with van der Waals surface area (Å²) >= 11 is 1.75. The standard InChI is InChI=1S/C17H18N4OS/c1-2-6-18-17(3-1)22-12-16-11-20(9-14-5-8-23-13-14)10-15-4-7-19-21(15)16/h1-8,13,16H,9-12H2.